The molecule has 2 fully saturated rings. The van der Waals surface area contributed by atoms with Gasteiger partial charge in [-0.25, -0.2) is 9.89 Å². The van der Waals surface area contributed by atoms with E-state index >= 15 is 0 Å². The first-order valence-corrected chi connectivity index (χ1v) is 7.61. The van der Waals surface area contributed by atoms with Crippen LogP contribution in [0.15, 0.2) is 9.21 Å². The van der Waals surface area contributed by atoms with E-state index in [1.807, 2.05) is 4.90 Å². The summed E-state index contributed by atoms with van der Waals surface area (Å²) in [5.74, 6) is 0.490. The zero-order valence-corrected chi connectivity index (χ0v) is 12.2. The van der Waals surface area contributed by atoms with Crippen LogP contribution in [0.25, 0.3) is 0 Å². The molecule has 0 spiro atoms. The molecular weight excluding hydrogens is 274 g/mol. The highest BCUT2D eigenvalue weighted by Gasteiger charge is 2.37. The molecule has 7 nitrogen and oxygen atoms in total. The van der Waals surface area contributed by atoms with Crippen molar-refractivity contribution in [3.05, 3.63) is 16.4 Å². The minimum Gasteiger partial charge on any atom is -0.392 e. The lowest BCUT2D eigenvalue weighted by atomic mass is 9.86. The van der Waals surface area contributed by atoms with Crippen LogP contribution in [0.3, 0.4) is 0 Å². The number of hydrogen-bond donors (Lipinski definition) is 1. The number of H-pyrrole nitrogens is 1. The van der Waals surface area contributed by atoms with Crippen LogP contribution in [0.1, 0.15) is 38.0 Å². The Bertz CT molecular complexity index is 548. The van der Waals surface area contributed by atoms with Crippen LogP contribution >= 0.6 is 0 Å². The molecule has 7 heteroatoms. The standard InChI is InChI=1S/C14H21N3O4/c1-2-11(10-7-20-8-10)13(18)17-5-3-4-9(6-17)12-15-16-14(19)21-12/h9-11H,2-8H2,1H3,(H,16,19). The Labute approximate surface area is 122 Å². The first kappa shape index (κ1) is 14.3. The number of amides is 1. The fraction of sp³-hybridized carbons (Fsp3) is 0.786. The van der Waals surface area contributed by atoms with E-state index in [1.54, 1.807) is 0 Å². The number of likely N-dealkylation sites (tertiary alicyclic amines) is 1. The molecule has 1 aromatic heterocycles. The zero-order chi connectivity index (χ0) is 14.8. The summed E-state index contributed by atoms with van der Waals surface area (Å²) in [7, 11) is 0. The molecule has 1 aromatic rings. The topological polar surface area (TPSA) is 88.4 Å². The van der Waals surface area contributed by atoms with E-state index in [4.69, 9.17) is 9.15 Å². The third-order valence-corrected chi connectivity index (χ3v) is 4.53. The Morgan fingerprint density at radius 1 is 1.52 bits per heavy atom. The van der Waals surface area contributed by atoms with Gasteiger partial charge in [-0.1, -0.05) is 6.92 Å². The number of aromatic amines is 1. The van der Waals surface area contributed by atoms with Gasteiger partial charge in [-0.05, 0) is 19.3 Å². The van der Waals surface area contributed by atoms with Crippen molar-refractivity contribution in [2.45, 2.75) is 32.1 Å². The van der Waals surface area contributed by atoms with E-state index in [0.29, 0.717) is 31.6 Å². The molecule has 0 saturated carbocycles. The van der Waals surface area contributed by atoms with Crippen molar-refractivity contribution in [2.24, 2.45) is 11.8 Å². The number of hydrogen-bond acceptors (Lipinski definition) is 5. The molecule has 116 valence electrons. The number of nitrogens with zero attached hydrogens (tertiary/aromatic N) is 2. The van der Waals surface area contributed by atoms with E-state index in [1.165, 1.54) is 0 Å². The normalized spacial score (nSPS) is 24.6. The molecule has 2 unspecified atom stereocenters. The lowest BCUT2D eigenvalue weighted by molar-refractivity contribution is -0.147. The highest BCUT2D eigenvalue weighted by molar-refractivity contribution is 5.79. The van der Waals surface area contributed by atoms with Crippen molar-refractivity contribution < 1.29 is 13.9 Å². The number of nitrogens with one attached hydrogen (secondary N) is 1. The molecule has 21 heavy (non-hydrogen) atoms. The van der Waals surface area contributed by atoms with Crippen molar-refractivity contribution >= 4 is 5.91 Å². The van der Waals surface area contributed by atoms with E-state index in [2.05, 4.69) is 17.1 Å². The van der Waals surface area contributed by atoms with E-state index in [9.17, 15) is 9.59 Å². The molecule has 3 rings (SSSR count). The van der Waals surface area contributed by atoms with Gasteiger partial charge >= 0.3 is 5.76 Å². The maximum Gasteiger partial charge on any atom is 0.434 e. The van der Waals surface area contributed by atoms with Crippen molar-refractivity contribution in [3.63, 3.8) is 0 Å². The van der Waals surface area contributed by atoms with Crippen LogP contribution in [0.2, 0.25) is 0 Å². The quantitative estimate of drug-likeness (QED) is 0.885. The smallest absolute Gasteiger partial charge is 0.392 e. The second-order valence-electron chi connectivity index (χ2n) is 5.89. The van der Waals surface area contributed by atoms with Gasteiger partial charge in [-0.2, -0.15) is 0 Å². The molecule has 0 aliphatic carbocycles. The van der Waals surface area contributed by atoms with Crippen molar-refractivity contribution in [1.29, 1.82) is 0 Å². The fourth-order valence-corrected chi connectivity index (χ4v) is 3.23. The second-order valence-corrected chi connectivity index (χ2v) is 5.89. The van der Waals surface area contributed by atoms with Crippen LogP contribution in [-0.2, 0) is 9.53 Å². The Balaban J connectivity index is 1.67. The highest BCUT2D eigenvalue weighted by atomic mass is 16.5. The van der Waals surface area contributed by atoms with Crippen LogP contribution in [-0.4, -0.2) is 47.3 Å². The number of ether oxygens (including phenoxy) is 1. The molecule has 0 radical (unpaired) electrons. The maximum absolute atomic E-state index is 12.7. The SMILES string of the molecule is CCC(C(=O)N1CCCC(c2n[nH]c(=O)o2)C1)C1COC1. The summed E-state index contributed by atoms with van der Waals surface area (Å²) in [5.41, 5.74) is 0. The summed E-state index contributed by atoms with van der Waals surface area (Å²) < 4.78 is 10.3. The molecule has 2 saturated heterocycles. The zero-order valence-electron chi connectivity index (χ0n) is 12.2. The fourth-order valence-electron chi connectivity index (χ4n) is 3.23. The number of carbonyl (C=O) groups excluding carboxylic acids is 1. The van der Waals surface area contributed by atoms with E-state index in [0.717, 1.165) is 25.8 Å². The summed E-state index contributed by atoms with van der Waals surface area (Å²) in [4.78, 5) is 25.7. The van der Waals surface area contributed by atoms with Gasteiger partial charge < -0.3 is 14.1 Å². The number of carbonyl (C=O) groups is 1. The molecule has 1 N–H and O–H groups in total. The number of rotatable bonds is 4. The van der Waals surface area contributed by atoms with Crippen molar-refractivity contribution in [1.82, 2.24) is 15.1 Å². The van der Waals surface area contributed by atoms with Crippen molar-refractivity contribution in [2.75, 3.05) is 26.3 Å². The molecule has 1 amide bonds. The highest BCUT2D eigenvalue weighted by Crippen LogP contribution is 2.30. The van der Waals surface area contributed by atoms with Gasteiger partial charge in [0.15, 0.2) is 0 Å². The van der Waals surface area contributed by atoms with Gasteiger partial charge in [0, 0.05) is 24.9 Å². The molecule has 0 bridgehead atoms. The molecule has 2 atom stereocenters. The van der Waals surface area contributed by atoms with Gasteiger partial charge in [0.2, 0.25) is 11.8 Å². The third-order valence-electron chi connectivity index (χ3n) is 4.53. The first-order valence-electron chi connectivity index (χ1n) is 7.61. The van der Waals surface area contributed by atoms with Gasteiger partial charge in [-0.15, -0.1) is 5.10 Å². The monoisotopic (exact) mass is 295 g/mol. The minimum atomic E-state index is -0.536. The van der Waals surface area contributed by atoms with E-state index < -0.39 is 5.76 Å². The van der Waals surface area contributed by atoms with Gasteiger partial charge in [0.25, 0.3) is 0 Å². The Hall–Kier alpha value is -1.63. The van der Waals surface area contributed by atoms with Gasteiger partial charge in [0.1, 0.15) is 0 Å². The third kappa shape index (κ3) is 2.88. The summed E-state index contributed by atoms with van der Waals surface area (Å²) in [5, 5.41) is 6.19. The average Bonchev–Trinajstić information content (AvgIpc) is 2.88. The van der Waals surface area contributed by atoms with Crippen LogP contribution in [0.5, 0.6) is 0 Å². The van der Waals surface area contributed by atoms with Crippen LogP contribution in [0, 0.1) is 11.8 Å². The molecule has 3 heterocycles. The largest absolute Gasteiger partial charge is 0.434 e. The van der Waals surface area contributed by atoms with Crippen LogP contribution < -0.4 is 5.76 Å². The predicted octanol–water partition coefficient (Wildman–Crippen LogP) is 0.742. The molecule has 2 aliphatic heterocycles. The minimum absolute atomic E-state index is 0.0109. The molecular formula is C14H21N3O4. The Morgan fingerprint density at radius 2 is 2.33 bits per heavy atom. The molecule has 2 aliphatic rings. The summed E-state index contributed by atoms with van der Waals surface area (Å²) in [6.45, 7) is 4.78. The van der Waals surface area contributed by atoms with Crippen LogP contribution in [0.4, 0.5) is 0 Å². The van der Waals surface area contributed by atoms with Gasteiger partial charge in [0.05, 0.1) is 19.1 Å². The molecule has 0 aromatic carbocycles. The van der Waals surface area contributed by atoms with Gasteiger partial charge in [-0.3, -0.25) is 4.79 Å². The second kappa shape index (κ2) is 6.01. The maximum atomic E-state index is 12.7. The number of piperidine rings is 1. The summed E-state index contributed by atoms with van der Waals surface area (Å²) in [6.07, 6.45) is 2.64. The Kier molecular flexibility index (Phi) is 4.10. The lowest BCUT2D eigenvalue weighted by Gasteiger charge is -2.38. The average molecular weight is 295 g/mol. The summed E-state index contributed by atoms with van der Waals surface area (Å²) >= 11 is 0. The van der Waals surface area contributed by atoms with E-state index in [-0.39, 0.29) is 17.7 Å². The predicted molar refractivity (Wildman–Crippen MR) is 73.8 cm³/mol. The number of aromatic nitrogens is 2. The first-order chi connectivity index (χ1) is 10.2. The van der Waals surface area contributed by atoms with Crippen molar-refractivity contribution in [3.8, 4) is 0 Å². The summed E-state index contributed by atoms with van der Waals surface area (Å²) in [6, 6.07) is 0. The lowest BCUT2D eigenvalue weighted by Crippen LogP contribution is -2.47. The Morgan fingerprint density at radius 3 is 2.90 bits per heavy atom.